The van der Waals surface area contributed by atoms with Crippen LogP contribution in [-0.2, 0) is 13.6 Å². The van der Waals surface area contributed by atoms with Crippen molar-refractivity contribution in [3.63, 3.8) is 0 Å². The molecule has 4 nitrogen and oxygen atoms in total. The van der Waals surface area contributed by atoms with Crippen molar-refractivity contribution in [3.05, 3.63) is 70.0 Å². The van der Waals surface area contributed by atoms with Gasteiger partial charge in [-0.2, -0.15) is 5.10 Å². The molecule has 3 aromatic rings. The van der Waals surface area contributed by atoms with Gasteiger partial charge < -0.3 is 9.64 Å². The Morgan fingerprint density at radius 1 is 1.23 bits per heavy atom. The first-order valence-electron chi connectivity index (χ1n) is 9.60. The summed E-state index contributed by atoms with van der Waals surface area (Å²) >= 11 is 8.04. The molecule has 0 radical (unpaired) electrons. The van der Waals surface area contributed by atoms with E-state index in [9.17, 15) is 8.78 Å². The summed E-state index contributed by atoms with van der Waals surface area (Å²) in [4.78, 5) is 3.22. The molecule has 0 amide bonds. The lowest BCUT2D eigenvalue weighted by molar-refractivity contribution is 0.413. The quantitative estimate of drug-likeness (QED) is 0.495. The molecular formula is C22H22ClF2N3OS. The Labute approximate surface area is 183 Å². The molecule has 0 unspecified atom stereocenters. The molecule has 1 aromatic heterocycles. The summed E-state index contributed by atoms with van der Waals surface area (Å²) in [5, 5.41) is 4.88. The monoisotopic (exact) mass is 449 g/mol. The van der Waals surface area contributed by atoms with Gasteiger partial charge in [0.2, 0.25) is 0 Å². The lowest BCUT2D eigenvalue weighted by Crippen LogP contribution is -2.24. The number of fused-ring (bicyclic) bond motifs is 1. The van der Waals surface area contributed by atoms with Crippen LogP contribution in [0.1, 0.15) is 28.5 Å². The number of anilines is 1. The molecule has 30 heavy (non-hydrogen) atoms. The summed E-state index contributed by atoms with van der Waals surface area (Å²) in [5.74, 6) is -0.353. The predicted octanol–water partition coefficient (Wildman–Crippen LogP) is 5.91. The van der Waals surface area contributed by atoms with E-state index in [1.165, 1.54) is 6.07 Å². The highest BCUT2D eigenvalue weighted by molar-refractivity contribution is 7.99. The number of aromatic nitrogens is 2. The summed E-state index contributed by atoms with van der Waals surface area (Å²) in [7, 11) is 3.44. The topological polar surface area (TPSA) is 30.3 Å². The molecule has 0 spiro atoms. The average molecular weight is 450 g/mol. The van der Waals surface area contributed by atoms with Gasteiger partial charge in [-0.05, 0) is 37.6 Å². The third-order valence-corrected chi connectivity index (χ3v) is 7.19. The fourth-order valence-electron chi connectivity index (χ4n) is 3.77. The maximum atomic E-state index is 14.5. The first-order chi connectivity index (χ1) is 14.4. The van der Waals surface area contributed by atoms with E-state index in [0.717, 1.165) is 33.7 Å². The van der Waals surface area contributed by atoms with E-state index >= 15 is 0 Å². The second-order valence-corrected chi connectivity index (χ2v) is 8.90. The van der Waals surface area contributed by atoms with E-state index in [0.29, 0.717) is 30.2 Å². The van der Waals surface area contributed by atoms with Crippen LogP contribution in [0.5, 0.6) is 5.75 Å². The highest BCUT2D eigenvalue weighted by atomic mass is 35.5. The summed E-state index contributed by atoms with van der Waals surface area (Å²) in [6.07, 6.45) is 0.696. The van der Waals surface area contributed by atoms with Gasteiger partial charge >= 0.3 is 0 Å². The van der Waals surface area contributed by atoms with Crippen LogP contribution >= 0.6 is 23.4 Å². The van der Waals surface area contributed by atoms with Gasteiger partial charge in [-0.3, -0.25) is 4.68 Å². The SMILES string of the molecule is COc1ccc2c(c1)S[C@H](c1ccc(F)cc1F)CCN2Cc1c(C)nn(C)c1Cl. The zero-order chi connectivity index (χ0) is 21.4. The van der Waals surface area contributed by atoms with Crippen LogP contribution in [0.4, 0.5) is 14.5 Å². The van der Waals surface area contributed by atoms with E-state index in [1.807, 2.05) is 32.2 Å². The molecule has 0 saturated heterocycles. The van der Waals surface area contributed by atoms with Gasteiger partial charge in [-0.25, -0.2) is 8.78 Å². The van der Waals surface area contributed by atoms with Crippen molar-refractivity contribution in [2.45, 2.75) is 30.0 Å². The van der Waals surface area contributed by atoms with Crippen LogP contribution in [0.15, 0.2) is 41.3 Å². The molecule has 0 N–H and O–H groups in total. The summed E-state index contributed by atoms with van der Waals surface area (Å²) < 4.78 is 35.0. The van der Waals surface area contributed by atoms with Crippen molar-refractivity contribution in [3.8, 4) is 5.75 Å². The van der Waals surface area contributed by atoms with E-state index < -0.39 is 11.6 Å². The lowest BCUT2D eigenvalue weighted by Gasteiger charge is -2.25. The van der Waals surface area contributed by atoms with Gasteiger partial charge in [0.15, 0.2) is 0 Å². The van der Waals surface area contributed by atoms with Gasteiger partial charge in [0.05, 0.1) is 18.5 Å². The minimum Gasteiger partial charge on any atom is -0.497 e. The fourth-order valence-corrected chi connectivity index (χ4v) is 5.36. The minimum atomic E-state index is -0.569. The molecule has 1 aliphatic rings. The third kappa shape index (κ3) is 4.01. The highest BCUT2D eigenvalue weighted by Crippen LogP contribution is 2.47. The van der Waals surface area contributed by atoms with Crippen molar-refractivity contribution < 1.29 is 13.5 Å². The minimum absolute atomic E-state index is 0.146. The Balaban J connectivity index is 1.72. The van der Waals surface area contributed by atoms with E-state index in [1.54, 1.807) is 29.6 Å². The maximum Gasteiger partial charge on any atom is 0.131 e. The number of rotatable bonds is 4. The number of hydrogen-bond acceptors (Lipinski definition) is 4. The van der Waals surface area contributed by atoms with Crippen LogP contribution in [0.2, 0.25) is 5.15 Å². The van der Waals surface area contributed by atoms with Gasteiger partial charge in [0.25, 0.3) is 0 Å². The standard InChI is InChI=1S/C22H22ClF2N3OS/c1-13-17(22(23)27(2)26-13)12-28-9-8-20(16-6-4-14(24)10-18(16)25)30-21-11-15(29-3)5-7-19(21)28/h4-7,10-11,20H,8-9,12H2,1-3H3/t20-/m0/s1. The maximum absolute atomic E-state index is 14.5. The Morgan fingerprint density at radius 3 is 2.70 bits per heavy atom. The summed E-state index contributed by atoms with van der Waals surface area (Å²) in [6.45, 7) is 3.23. The van der Waals surface area contributed by atoms with Crippen LogP contribution in [0.25, 0.3) is 0 Å². The Hall–Kier alpha value is -2.25. The number of benzene rings is 2. The van der Waals surface area contributed by atoms with Crippen LogP contribution in [-0.4, -0.2) is 23.4 Å². The third-order valence-electron chi connectivity index (χ3n) is 5.37. The molecule has 0 saturated carbocycles. The van der Waals surface area contributed by atoms with E-state index in [4.69, 9.17) is 16.3 Å². The van der Waals surface area contributed by atoms with Gasteiger partial charge in [0, 0.05) is 47.5 Å². The summed E-state index contributed by atoms with van der Waals surface area (Å²) in [6, 6.07) is 9.70. The molecule has 1 atom stereocenters. The first-order valence-corrected chi connectivity index (χ1v) is 10.9. The number of ether oxygens (including phenoxy) is 1. The van der Waals surface area contributed by atoms with E-state index in [-0.39, 0.29) is 5.25 Å². The zero-order valence-electron chi connectivity index (χ0n) is 17.0. The second-order valence-electron chi connectivity index (χ2n) is 7.29. The van der Waals surface area contributed by atoms with Gasteiger partial charge in [-0.1, -0.05) is 17.7 Å². The van der Waals surface area contributed by atoms with Crippen molar-refractivity contribution in [2.75, 3.05) is 18.6 Å². The van der Waals surface area contributed by atoms with Crippen molar-refractivity contribution >= 4 is 29.1 Å². The zero-order valence-corrected chi connectivity index (χ0v) is 18.5. The van der Waals surface area contributed by atoms with Crippen LogP contribution in [0, 0.1) is 18.6 Å². The van der Waals surface area contributed by atoms with Crippen molar-refractivity contribution in [1.82, 2.24) is 9.78 Å². The molecular weight excluding hydrogens is 428 g/mol. The number of methoxy groups -OCH3 is 1. The lowest BCUT2D eigenvalue weighted by atomic mass is 10.1. The van der Waals surface area contributed by atoms with E-state index in [2.05, 4.69) is 10.00 Å². The average Bonchev–Trinajstić information content (AvgIpc) is 2.87. The molecule has 158 valence electrons. The molecule has 0 fully saturated rings. The Morgan fingerprint density at radius 2 is 2.03 bits per heavy atom. The number of nitrogens with zero attached hydrogens (tertiary/aromatic N) is 3. The molecule has 2 heterocycles. The van der Waals surface area contributed by atoms with Crippen LogP contribution in [0.3, 0.4) is 0 Å². The van der Waals surface area contributed by atoms with Crippen LogP contribution < -0.4 is 9.64 Å². The fraction of sp³-hybridized carbons (Fsp3) is 0.318. The Bertz CT molecular complexity index is 1090. The van der Waals surface area contributed by atoms with Gasteiger partial charge in [-0.15, -0.1) is 11.8 Å². The molecule has 1 aliphatic heterocycles. The molecule has 0 aliphatic carbocycles. The first kappa shape index (κ1) is 21.0. The predicted molar refractivity (Wildman–Crippen MR) is 117 cm³/mol. The second kappa shape index (κ2) is 8.47. The molecule has 0 bridgehead atoms. The molecule has 2 aromatic carbocycles. The van der Waals surface area contributed by atoms with Crippen molar-refractivity contribution in [1.29, 1.82) is 0 Å². The highest BCUT2D eigenvalue weighted by Gasteiger charge is 2.27. The number of halogens is 3. The Kier molecular flexibility index (Phi) is 5.93. The van der Waals surface area contributed by atoms with Gasteiger partial charge in [0.1, 0.15) is 22.5 Å². The molecule has 8 heteroatoms. The number of aryl methyl sites for hydroxylation is 2. The van der Waals surface area contributed by atoms with Crippen molar-refractivity contribution in [2.24, 2.45) is 7.05 Å². The summed E-state index contributed by atoms with van der Waals surface area (Å²) in [5.41, 5.74) is 3.39. The largest absolute Gasteiger partial charge is 0.497 e. The molecule has 4 rings (SSSR count). The number of hydrogen-bond donors (Lipinski definition) is 0. The normalized spacial score (nSPS) is 16.3. The smallest absolute Gasteiger partial charge is 0.131 e. The number of thioether (sulfide) groups is 1.